The van der Waals surface area contributed by atoms with Gasteiger partial charge in [0, 0.05) is 9.52 Å². The number of hydrogen-bond donors (Lipinski definition) is 0. The molecule has 0 bridgehead atoms. The fraction of sp³-hybridized carbons (Fsp3) is 0.362. The second-order valence-electron chi connectivity index (χ2n) is 16.0. The molecule has 1 saturated carbocycles. The van der Waals surface area contributed by atoms with Crippen LogP contribution in [0.2, 0.25) is 13.1 Å². The van der Waals surface area contributed by atoms with Crippen LogP contribution < -0.4 is 0 Å². The molecule has 0 atom stereocenters. The molecule has 1 aliphatic rings. The Morgan fingerprint density at radius 2 is 1.02 bits per heavy atom. The summed E-state index contributed by atoms with van der Waals surface area (Å²) < 4.78 is 0. The molecule has 4 heteroatoms. The molecule has 2 radical (unpaired) electrons. The molecule has 0 unspecified atom stereocenters. The van der Waals surface area contributed by atoms with Gasteiger partial charge in [0.25, 0.3) is 0 Å². The monoisotopic (exact) mass is 808 g/mol. The van der Waals surface area contributed by atoms with Gasteiger partial charge in [-0.1, -0.05) is 153 Å². The molecule has 0 aliphatic heterocycles. The van der Waals surface area contributed by atoms with E-state index in [1.54, 1.807) is 5.56 Å². The molecular formula is C47H56Cl2SiZr. The summed E-state index contributed by atoms with van der Waals surface area (Å²) in [6, 6.07) is 40.9. The van der Waals surface area contributed by atoms with Crippen molar-refractivity contribution in [2.75, 3.05) is 0 Å². The van der Waals surface area contributed by atoms with Crippen LogP contribution in [0.3, 0.4) is 0 Å². The minimum atomic E-state index is -0.826. The quantitative estimate of drug-likeness (QED) is 0.123. The zero-order valence-electron chi connectivity index (χ0n) is 32.3. The SMILES string of the molecule is CC(C)(C)c1ccc(-c2cccc3[cH-]c(C4CCCCC4)cc23)cc1.C[Si]C.Cc1cc2c(-c3ccc(C(C)(C)C)cc3)cccc2[cH-]1.[Cl][Zr+2][Cl]. The molecule has 51 heavy (non-hydrogen) atoms. The molecule has 1 aliphatic carbocycles. The maximum absolute atomic E-state index is 4.93. The zero-order chi connectivity index (χ0) is 37.2. The van der Waals surface area contributed by atoms with E-state index in [1.165, 1.54) is 92.6 Å². The van der Waals surface area contributed by atoms with Crippen molar-refractivity contribution in [2.45, 2.75) is 110 Å². The van der Waals surface area contributed by atoms with E-state index in [0.717, 1.165) is 15.4 Å². The van der Waals surface area contributed by atoms with E-state index in [1.807, 2.05) is 0 Å². The van der Waals surface area contributed by atoms with Crippen LogP contribution in [0, 0.1) is 6.92 Å². The van der Waals surface area contributed by atoms with Crippen LogP contribution in [0.5, 0.6) is 0 Å². The van der Waals surface area contributed by atoms with Gasteiger partial charge >= 0.3 is 37.9 Å². The van der Waals surface area contributed by atoms with Gasteiger partial charge in [-0.15, -0.1) is 69.1 Å². The zero-order valence-corrected chi connectivity index (χ0v) is 37.2. The fourth-order valence-corrected chi connectivity index (χ4v) is 7.12. The van der Waals surface area contributed by atoms with Crippen LogP contribution in [0.15, 0.2) is 109 Å². The first-order valence-electron chi connectivity index (χ1n) is 18.4. The Hall–Kier alpha value is -2.22. The van der Waals surface area contributed by atoms with Gasteiger partial charge in [0.15, 0.2) is 0 Å². The Morgan fingerprint density at radius 1 is 0.608 bits per heavy atom. The molecule has 0 aromatic heterocycles. The van der Waals surface area contributed by atoms with Gasteiger partial charge in [-0.3, -0.25) is 0 Å². The molecule has 6 aromatic carbocycles. The Bertz CT molecular complexity index is 1920. The van der Waals surface area contributed by atoms with Crippen molar-refractivity contribution in [1.29, 1.82) is 0 Å². The van der Waals surface area contributed by atoms with Gasteiger partial charge in [0.05, 0.1) is 0 Å². The molecule has 0 N–H and O–H groups in total. The van der Waals surface area contributed by atoms with Crippen molar-refractivity contribution in [3.05, 3.63) is 131 Å². The minimum absolute atomic E-state index is 0.207. The molecule has 0 nitrogen and oxygen atoms in total. The van der Waals surface area contributed by atoms with Crippen molar-refractivity contribution < 1.29 is 20.8 Å². The summed E-state index contributed by atoms with van der Waals surface area (Å²) >= 11 is -0.826. The maximum atomic E-state index is 4.93. The summed E-state index contributed by atoms with van der Waals surface area (Å²) in [6.07, 6.45) is 6.95. The predicted molar refractivity (Wildman–Crippen MR) is 227 cm³/mol. The van der Waals surface area contributed by atoms with Crippen LogP contribution in [-0.4, -0.2) is 9.52 Å². The van der Waals surface area contributed by atoms with Gasteiger partial charge < -0.3 is 0 Å². The number of hydrogen-bond acceptors (Lipinski definition) is 0. The van der Waals surface area contributed by atoms with Crippen LogP contribution in [0.25, 0.3) is 43.8 Å². The third kappa shape index (κ3) is 11.4. The van der Waals surface area contributed by atoms with Crippen molar-refractivity contribution in [2.24, 2.45) is 0 Å². The number of halogens is 2. The first-order chi connectivity index (χ1) is 24.3. The van der Waals surface area contributed by atoms with Crippen molar-refractivity contribution >= 4 is 48.1 Å². The summed E-state index contributed by atoms with van der Waals surface area (Å²) in [5, 5.41) is 5.51. The molecular weight excluding hydrogens is 755 g/mol. The summed E-state index contributed by atoms with van der Waals surface area (Å²) in [5.41, 5.74) is 11.4. The standard InChI is InChI=1S/C25H29.C20H21.C2H6Si.2ClH.Zr/c1-25(2,3)22-14-12-19(13-15-22)23-11-7-10-20-16-21(17-24(20)23)18-8-5-4-6-9-18;1-14-12-16-6-5-7-18(19(16)13-14)15-8-10-17(11-9-15)20(2,3)4;1-3-2;;;/h7,10-18H,4-6,8-9H2,1-3H3;5-13H,1-4H3;1-2H3;2*1H;/q2*-1;;;;+4/p-2. The Labute approximate surface area is 330 Å². The first kappa shape index (κ1) is 41.5. The molecule has 6 aromatic rings. The number of rotatable bonds is 3. The van der Waals surface area contributed by atoms with Crippen LogP contribution in [-0.2, 0) is 31.7 Å². The second-order valence-corrected chi connectivity index (χ2v) is 20.7. The number of fused-ring (bicyclic) bond motifs is 2. The van der Waals surface area contributed by atoms with Gasteiger partial charge in [-0.2, -0.15) is 12.1 Å². The first-order valence-corrected chi connectivity index (χ1v) is 26.8. The second kappa shape index (κ2) is 19.2. The summed E-state index contributed by atoms with van der Waals surface area (Å²) in [4.78, 5) is 0. The fourth-order valence-electron chi connectivity index (χ4n) is 7.12. The third-order valence-corrected chi connectivity index (χ3v) is 9.87. The van der Waals surface area contributed by atoms with Crippen molar-refractivity contribution in [1.82, 2.24) is 0 Å². The molecule has 1 fully saturated rings. The average molecular weight is 811 g/mol. The summed E-state index contributed by atoms with van der Waals surface area (Å²) in [7, 11) is 11.0. The van der Waals surface area contributed by atoms with Crippen LogP contribution >= 0.6 is 17.0 Å². The molecule has 0 spiro atoms. The third-order valence-electron chi connectivity index (χ3n) is 9.87. The van der Waals surface area contributed by atoms with Crippen LogP contribution in [0.1, 0.15) is 102 Å². The van der Waals surface area contributed by atoms with Gasteiger partial charge in [-0.05, 0) is 51.8 Å². The van der Waals surface area contributed by atoms with Gasteiger partial charge in [0.1, 0.15) is 0 Å². The predicted octanol–water partition coefficient (Wildman–Crippen LogP) is 15.6. The Morgan fingerprint density at radius 3 is 1.45 bits per heavy atom. The van der Waals surface area contributed by atoms with E-state index >= 15 is 0 Å². The molecule has 0 heterocycles. The summed E-state index contributed by atoms with van der Waals surface area (Å²) in [5.74, 6) is 0.775. The van der Waals surface area contributed by atoms with E-state index < -0.39 is 20.8 Å². The topological polar surface area (TPSA) is 0 Å². The molecule has 266 valence electrons. The Balaban J connectivity index is 0.000000202. The normalized spacial score (nSPS) is 13.3. The van der Waals surface area contributed by atoms with E-state index in [-0.39, 0.29) is 10.8 Å². The Kier molecular flexibility index (Phi) is 15.6. The number of benzene rings is 4. The van der Waals surface area contributed by atoms with Crippen molar-refractivity contribution in [3.63, 3.8) is 0 Å². The molecule has 0 amide bonds. The van der Waals surface area contributed by atoms with E-state index in [9.17, 15) is 0 Å². The van der Waals surface area contributed by atoms with Crippen LogP contribution in [0.4, 0.5) is 0 Å². The average Bonchev–Trinajstić information content (AvgIpc) is 3.72. The molecule has 7 rings (SSSR count). The van der Waals surface area contributed by atoms with Crippen molar-refractivity contribution in [3.8, 4) is 22.3 Å². The number of aryl methyl sites for hydroxylation is 1. The van der Waals surface area contributed by atoms with E-state index in [0.29, 0.717) is 0 Å². The molecule has 0 saturated heterocycles. The van der Waals surface area contributed by atoms with E-state index in [2.05, 4.69) is 171 Å². The van der Waals surface area contributed by atoms with Gasteiger partial charge in [0.2, 0.25) is 0 Å². The van der Waals surface area contributed by atoms with E-state index in [4.69, 9.17) is 17.0 Å². The summed E-state index contributed by atoms with van der Waals surface area (Å²) in [6.45, 7) is 20.0. The van der Waals surface area contributed by atoms with Gasteiger partial charge in [-0.25, -0.2) is 0 Å².